The molecule has 1 amide bonds. The van der Waals surface area contributed by atoms with Gasteiger partial charge in [-0.15, -0.1) is 0 Å². The number of piperazine rings is 1. The van der Waals surface area contributed by atoms with E-state index in [9.17, 15) is 9.59 Å². The molecule has 5 rings (SSSR count). The third-order valence-corrected chi connectivity index (χ3v) is 6.95. The predicted molar refractivity (Wildman–Crippen MR) is 133 cm³/mol. The fourth-order valence-corrected chi connectivity index (χ4v) is 4.99. The standard InChI is InChI=1S/C25H25N5O4S/c1-33-20-8-6-17(7-9-20)23-27-30-22(31)15-19(26-25(30)35-23)16-28-10-12-29(13-11-28)24(32)18-4-3-5-21(14-18)34-2/h3-9,14-15H,10-13,16H2,1-2H3. The highest BCUT2D eigenvalue weighted by Gasteiger charge is 2.23. The smallest absolute Gasteiger partial charge is 0.275 e. The molecule has 3 heterocycles. The highest BCUT2D eigenvalue weighted by atomic mass is 32.1. The van der Waals surface area contributed by atoms with Crippen LogP contribution in [0.2, 0.25) is 0 Å². The zero-order chi connectivity index (χ0) is 24.4. The highest BCUT2D eigenvalue weighted by molar-refractivity contribution is 7.19. The van der Waals surface area contributed by atoms with Gasteiger partial charge in [0.1, 0.15) is 16.5 Å². The molecule has 180 valence electrons. The van der Waals surface area contributed by atoms with E-state index in [0.717, 1.165) is 16.3 Å². The number of aromatic nitrogens is 3. The van der Waals surface area contributed by atoms with E-state index >= 15 is 0 Å². The average Bonchev–Trinajstić information content (AvgIpc) is 3.34. The number of carbonyl (C=O) groups excluding carboxylic acids is 1. The Labute approximate surface area is 206 Å². The second-order valence-corrected chi connectivity index (χ2v) is 9.17. The van der Waals surface area contributed by atoms with Crippen LogP contribution < -0.4 is 15.0 Å². The van der Waals surface area contributed by atoms with E-state index in [0.29, 0.717) is 54.7 Å². The molecule has 0 aliphatic carbocycles. The molecule has 4 aromatic rings. The lowest BCUT2D eigenvalue weighted by molar-refractivity contribution is 0.0626. The average molecular weight is 492 g/mol. The molecule has 0 radical (unpaired) electrons. The van der Waals surface area contributed by atoms with Crippen molar-refractivity contribution < 1.29 is 14.3 Å². The number of ether oxygens (including phenoxy) is 2. The molecule has 9 nitrogen and oxygen atoms in total. The van der Waals surface area contributed by atoms with E-state index in [2.05, 4.69) is 15.0 Å². The van der Waals surface area contributed by atoms with E-state index in [-0.39, 0.29) is 11.5 Å². The Hall–Kier alpha value is -3.76. The van der Waals surface area contributed by atoms with Crippen molar-refractivity contribution in [2.45, 2.75) is 6.54 Å². The molecule has 1 saturated heterocycles. The van der Waals surface area contributed by atoms with Crippen molar-refractivity contribution in [3.8, 4) is 22.1 Å². The van der Waals surface area contributed by atoms with E-state index in [4.69, 9.17) is 9.47 Å². The summed E-state index contributed by atoms with van der Waals surface area (Å²) in [6.45, 7) is 3.18. The Morgan fingerprint density at radius 2 is 1.71 bits per heavy atom. The number of benzene rings is 2. The molecule has 0 spiro atoms. The van der Waals surface area contributed by atoms with Gasteiger partial charge in [-0.1, -0.05) is 17.4 Å². The minimum Gasteiger partial charge on any atom is -0.497 e. The summed E-state index contributed by atoms with van der Waals surface area (Å²) < 4.78 is 11.8. The van der Waals surface area contributed by atoms with E-state index < -0.39 is 0 Å². The second-order valence-electron chi connectivity index (χ2n) is 8.22. The van der Waals surface area contributed by atoms with Crippen LogP contribution in [0.15, 0.2) is 59.4 Å². The Morgan fingerprint density at radius 1 is 0.971 bits per heavy atom. The van der Waals surface area contributed by atoms with Gasteiger partial charge < -0.3 is 14.4 Å². The van der Waals surface area contributed by atoms with Gasteiger partial charge in [0.25, 0.3) is 11.5 Å². The van der Waals surface area contributed by atoms with Gasteiger partial charge in [-0.3, -0.25) is 14.5 Å². The van der Waals surface area contributed by atoms with E-state index in [1.54, 1.807) is 26.4 Å². The fourth-order valence-electron chi connectivity index (χ4n) is 4.06. The molecule has 0 bridgehead atoms. The summed E-state index contributed by atoms with van der Waals surface area (Å²) in [5, 5.41) is 5.17. The van der Waals surface area contributed by atoms with Gasteiger partial charge in [0, 0.05) is 49.9 Å². The lowest BCUT2D eigenvalue weighted by Crippen LogP contribution is -2.48. The van der Waals surface area contributed by atoms with Gasteiger partial charge in [0.2, 0.25) is 4.96 Å². The first kappa shape index (κ1) is 23.0. The van der Waals surface area contributed by atoms with Crippen LogP contribution in [0.4, 0.5) is 0 Å². The maximum atomic E-state index is 12.9. The second kappa shape index (κ2) is 9.85. The van der Waals surface area contributed by atoms with Gasteiger partial charge in [0.15, 0.2) is 0 Å². The number of fused-ring (bicyclic) bond motifs is 1. The minimum absolute atomic E-state index is 0.00272. The van der Waals surface area contributed by atoms with Crippen LogP contribution in [0.1, 0.15) is 16.1 Å². The summed E-state index contributed by atoms with van der Waals surface area (Å²) in [5.41, 5.74) is 2.02. The summed E-state index contributed by atoms with van der Waals surface area (Å²) in [4.78, 5) is 34.9. The van der Waals surface area contributed by atoms with Crippen molar-refractivity contribution >= 4 is 22.2 Å². The van der Waals surface area contributed by atoms with Crippen LogP contribution in [-0.2, 0) is 6.54 Å². The predicted octanol–water partition coefficient (Wildman–Crippen LogP) is 2.79. The number of methoxy groups -OCH3 is 2. The van der Waals surface area contributed by atoms with E-state index in [1.807, 2.05) is 41.3 Å². The van der Waals surface area contributed by atoms with Crippen LogP contribution in [0.5, 0.6) is 11.5 Å². The van der Waals surface area contributed by atoms with Crippen LogP contribution in [0.3, 0.4) is 0 Å². The summed E-state index contributed by atoms with van der Waals surface area (Å²) >= 11 is 1.38. The number of amides is 1. The molecule has 1 fully saturated rings. The maximum Gasteiger partial charge on any atom is 0.275 e. The van der Waals surface area contributed by atoms with Gasteiger partial charge >= 0.3 is 0 Å². The van der Waals surface area contributed by atoms with Gasteiger partial charge in [-0.05, 0) is 42.5 Å². The van der Waals surface area contributed by atoms with Crippen molar-refractivity contribution in [2.75, 3.05) is 40.4 Å². The molecule has 0 N–H and O–H groups in total. The summed E-state index contributed by atoms with van der Waals surface area (Å²) in [7, 11) is 3.21. The number of rotatable bonds is 6. The molecular formula is C25H25N5O4S. The molecule has 0 atom stereocenters. The van der Waals surface area contributed by atoms with Crippen molar-refractivity contribution in [3.05, 3.63) is 76.2 Å². The quantitative estimate of drug-likeness (QED) is 0.410. The third-order valence-electron chi connectivity index (χ3n) is 6.00. The van der Waals surface area contributed by atoms with Crippen LogP contribution in [0.25, 0.3) is 15.5 Å². The molecule has 2 aromatic heterocycles. The van der Waals surface area contributed by atoms with Crippen molar-refractivity contribution in [1.29, 1.82) is 0 Å². The molecule has 0 unspecified atom stereocenters. The normalized spacial score (nSPS) is 14.3. The number of hydrogen-bond donors (Lipinski definition) is 0. The SMILES string of the molecule is COc1ccc(-c2nn3c(=O)cc(CN4CCN(C(=O)c5cccc(OC)c5)CC4)nc3s2)cc1. The summed E-state index contributed by atoms with van der Waals surface area (Å²) in [6, 6.07) is 16.3. The summed E-state index contributed by atoms with van der Waals surface area (Å²) in [6.07, 6.45) is 0. The molecule has 10 heteroatoms. The molecule has 35 heavy (non-hydrogen) atoms. The Morgan fingerprint density at radius 3 is 2.43 bits per heavy atom. The van der Waals surface area contributed by atoms with E-state index in [1.165, 1.54) is 21.9 Å². The fraction of sp³-hybridized carbons (Fsp3) is 0.280. The Kier molecular flexibility index (Phi) is 6.47. The summed E-state index contributed by atoms with van der Waals surface area (Å²) in [5.74, 6) is 1.43. The van der Waals surface area contributed by atoms with Gasteiger partial charge in [-0.2, -0.15) is 9.61 Å². The number of carbonyl (C=O) groups is 1. The first-order valence-corrected chi connectivity index (χ1v) is 12.1. The highest BCUT2D eigenvalue weighted by Crippen LogP contribution is 2.26. The topological polar surface area (TPSA) is 89.3 Å². The zero-order valence-corrected chi connectivity index (χ0v) is 20.3. The molecule has 1 aliphatic rings. The maximum absolute atomic E-state index is 12.9. The van der Waals surface area contributed by atoms with Crippen molar-refractivity contribution in [3.63, 3.8) is 0 Å². The largest absolute Gasteiger partial charge is 0.497 e. The van der Waals surface area contributed by atoms with Gasteiger partial charge in [-0.25, -0.2) is 4.98 Å². The van der Waals surface area contributed by atoms with Crippen LogP contribution in [-0.4, -0.2) is 70.7 Å². The van der Waals surface area contributed by atoms with Crippen LogP contribution in [0, 0.1) is 0 Å². The molecule has 0 saturated carbocycles. The van der Waals surface area contributed by atoms with Gasteiger partial charge in [0.05, 0.1) is 19.9 Å². The van der Waals surface area contributed by atoms with Crippen molar-refractivity contribution in [1.82, 2.24) is 24.4 Å². The Balaban J connectivity index is 1.26. The first-order valence-electron chi connectivity index (χ1n) is 11.2. The monoisotopic (exact) mass is 491 g/mol. The third kappa shape index (κ3) is 4.89. The molecule has 2 aromatic carbocycles. The number of hydrogen-bond acceptors (Lipinski definition) is 8. The lowest BCUT2D eigenvalue weighted by Gasteiger charge is -2.34. The molecular weight excluding hydrogens is 466 g/mol. The van der Waals surface area contributed by atoms with Crippen LogP contribution >= 0.6 is 11.3 Å². The number of nitrogens with zero attached hydrogens (tertiary/aromatic N) is 5. The minimum atomic E-state index is -0.201. The lowest BCUT2D eigenvalue weighted by atomic mass is 10.1. The van der Waals surface area contributed by atoms with Crippen molar-refractivity contribution in [2.24, 2.45) is 0 Å². The first-order chi connectivity index (χ1) is 17.0. The molecule has 1 aliphatic heterocycles. The zero-order valence-electron chi connectivity index (χ0n) is 19.5. The Bertz CT molecular complexity index is 1410.